The van der Waals surface area contributed by atoms with E-state index in [1.54, 1.807) is 17.3 Å². The number of anilines is 1. The third kappa shape index (κ3) is 4.43. The second-order valence-corrected chi connectivity index (χ2v) is 6.82. The van der Waals surface area contributed by atoms with Crippen molar-refractivity contribution in [1.82, 2.24) is 10.3 Å². The predicted octanol–water partition coefficient (Wildman–Crippen LogP) is 3.54. The quantitative estimate of drug-likeness (QED) is 0.657. The van der Waals surface area contributed by atoms with Crippen LogP contribution in [-0.4, -0.2) is 23.3 Å². The summed E-state index contributed by atoms with van der Waals surface area (Å²) < 4.78 is 5.78. The average Bonchev–Trinajstić information content (AvgIpc) is 3.15. The van der Waals surface area contributed by atoms with E-state index in [9.17, 15) is 9.59 Å². The molecular formula is C23H21N3O3. The molecule has 1 N–H and O–H groups in total. The van der Waals surface area contributed by atoms with E-state index in [4.69, 9.17) is 4.74 Å². The first-order chi connectivity index (χ1) is 14.2. The average molecular weight is 387 g/mol. The van der Waals surface area contributed by atoms with E-state index in [-0.39, 0.29) is 11.8 Å². The van der Waals surface area contributed by atoms with E-state index in [1.807, 2.05) is 66.7 Å². The van der Waals surface area contributed by atoms with Crippen molar-refractivity contribution in [3.63, 3.8) is 0 Å². The SMILES string of the molecule is O=C(NCc1cccnc1)C1CCN(c2ccc(Oc3ccccc3)cc2)C1=O. The molecule has 0 bridgehead atoms. The fourth-order valence-electron chi connectivity index (χ4n) is 3.31. The molecule has 2 aromatic carbocycles. The summed E-state index contributed by atoms with van der Waals surface area (Å²) in [5.41, 5.74) is 1.66. The van der Waals surface area contributed by atoms with E-state index < -0.39 is 5.92 Å². The van der Waals surface area contributed by atoms with Gasteiger partial charge < -0.3 is 15.0 Å². The van der Waals surface area contributed by atoms with Crippen LogP contribution in [0, 0.1) is 5.92 Å². The van der Waals surface area contributed by atoms with Gasteiger partial charge in [0.05, 0.1) is 0 Å². The zero-order valence-electron chi connectivity index (χ0n) is 15.8. The molecule has 1 aliphatic rings. The number of pyridine rings is 1. The van der Waals surface area contributed by atoms with E-state index in [2.05, 4.69) is 10.3 Å². The number of aromatic nitrogens is 1. The normalized spacial score (nSPS) is 15.9. The van der Waals surface area contributed by atoms with Crippen LogP contribution in [0.2, 0.25) is 0 Å². The van der Waals surface area contributed by atoms with Gasteiger partial charge in [-0.1, -0.05) is 24.3 Å². The lowest BCUT2D eigenvalue weighted by Crippen LogP contribution is -2.36. The molecule has 146 valence electrons. The van der Waals surface area contributed by atoms with Crippen molar-refractivity contribution in [3.8, 4) is 11.5 Å². The molecule has 1 fully saturated rings. The van der Waals surface area contributed by atoms with Gasteiger partial charge in [-0.2, -0.15) is 0 Å². The van der Waals surface area contributed by atoms with Crippen LogP contribution < -0.4 is 15.0 Å². The number of hydrogen-bond donors (Lipinski definition) is 1. The summed E-state index contributed by atoms with van der Waals surface area (Å²) in [6.45, 7) is 0.880. The summed E-state index contributed by atoms with van der Waals surface area (Å²) in [5, 5.41) is 2.83. The topological polar surface area (TPSA) is 71.5 Å². The summed E-state index contributed by atoms with van der Waals surface area (Å²) >= 11 is 0. The maximum Gasteiger partial charge on any atom is 0.239 e. The van der Waals surface area contributed by atoms with Gasteiger partial charge in [-0.25, -0.2) is 0 Å². The standard InChI is InChI=1S/C23H21N3O3/c27-22(25-16-17-5-4-13-24-15-17)21-12-14-26(23(21)28)18-8-10-20(11-9-18)29-19-6-2-1-3-7-19/h1-11,13,15,21H,12,14,16H2,(H,25,27). The highest BCUT2D eigenvalue weighted by molar-refractivity contribution is 6.09. The third-order valence-corrected chi connectivity index (χ3v) is 4.84. The highest BCUT2D eigenvalue weighted by Gasteiger charge is 2.37. The van der Waals surface area contributed by atoms with Gasteiger partial charge in [-0.05, 0) is 54.4 Å². The van der Waals surface area contributed by atoms with Gasteiger partial charge in [0, 0.05) is 31.2 Å². The van der Waals surface area contributed by atoms with Crippen molar-refractivity contribution in [2.24, 2.45) is 5.92 Å². The summed E-state index contributed by atoms with van der Waals surface area (Å²) in [5.74, 6) is 0.364. The molecular weight excluding hydrogens is 366 g/mol. The van der Waals surface area contributed by atoms with E-state index in [1.165, 1.54) is 0 Å². The molecule has 1 saturated heterocycles. The Morgan fingerprint density at radius 3 is 2.52 bits per heavy atom. The van der Waals surface area contributed by atoms with Crippen LogP contribution in [0.4, 0.5) is 5.69 Å². The Balaban J connectivity index is 1.36. The van der Waals surface area contributed by atoms with Gasteiger partial charge >= 0.3 is 0 Å². The maximum atomic E-state index is 12.8. The highest BCUT2D eigenvalue weighted by Crippen LogP contribution is 2.28. The number of amides is 2. The number of hydrogen-bond acceptors (Lipinski definition) is 4. The second kappa shape index (κ2) is 8.56. The molecule has 0 saturated carbocycles. The third-order valence-electron chi connectivity index (χ3n) is 4.84. The first-order valence-electron chi connectivity index (χ1n) is 9.52. The van der Waals surface area contributed by atoms with E-state index >= 15 is 0 Å². The smallest absolute Gasteiger partial charge is 0.239 e. The first-order valence-corrected chi connectivity index (χ1v) is 9.52. The van der Waals surface area contributed by atoms with Crippen molar-refractivity contribution in [1.29, 1.82) is 0 Å². The number of ether oxygens (including phenoxy) is 1. The van der Waals surface area contributed by atoms with Crippen molar-refractivity contribution < 1.29 is 14.3 Å². The Bertz CT molecular complexity index is 975. The van der Waals surface area contributed by atoms with Gasteiger partial charge in [0.2, 0.25) is 11.8 Å². The fraction of sp³-hybridized carbons (Fsp3) is 0.174. The number of carbonyl (C=O) groups is 2. The van der Waals surface area contributed by atoms with E-state index in [0.717, 1.165) is 17.0 Å². The zero-order valence-corrected chi connectivity index (χ0v) is 15.8. The molecule has 0 spiro atoms. The maximum absolute atomic E-state index is 12.8. The molecule has 29 heavy (non-hydrogen) atoms. The predicted molar refractivity (Wildman–Crippen MR) is 110 cm³/mol. The lowest BCUT2D eigenvalue weighted by molar-refractivity contribution is -0.132. The minimum absolute atomic E-state index is 0.176. The summed E-state index contributed by atoms with van der Waals surface area (Å²) in [7, 11) is 0. The Morgan fingerprint density at radius 1 is 1.03 bits per heavy atom. The monoisotopic (exact) mass is 387 g/mol. The Morgan fingerprint density at radius 2 is 1.79 bits per heavy atom. The van der Waals surface area contributed by atoms with Crippen LogP contribution in [0.1, 0.15) is 12.0 Å². The Hall–Kier alpha value is -3.67. The van der Waals surface area contributed by atoms with Crippen LogP contribution in [0.15, 0.2) is 79.1 Å². The summed E-state index contributed by atoms with van der Waals surface area (Å²) in [4.78, 5) is 30.9. The number of rotatable bonds is 6. The van der Waals surface area contributed by atoms with Crippen LogP contribution in [0.3, 0.4) is 0 Å². The molecule has 2 amide bonds. The minimum Gasteiger partial charge on any atom is -0.457 e. The molecule has 6 heteroatoms. The van der Waals surface area contributed by atoms with Crippen LogP contribution in [0.25, 0.3) is 0 Å². The molecule has 0 radical (unpaired) electrons. The van der Waals surface area contributed by atoms with Gasteiger partial charge in [-0.15, -0.1) is 0 Å². The molecule has 1 unspecified atom stereocenters. The van der Waals surface area contributed by atoms with Crippen molar-refractivity contribution in [3.05, 3.63) is 84.7 Å². The van der Waals surface area contributed by atoms with E-state index in [0.29, 0.717) is 25.3 Å². The molecule has 3 aromatic rings. The molecule has 1 atom stereocenters. The van der Waals surface area contributed by atoms with Gasteiger partial charge in [0.15, 0.2) is 0 Å². The molecule has 2 heterocycles. The summed E-state index contributed by atoms with van der Waals surface area (Å²) in [6, 6.07) is 20.5. The van der Waals surface area contributed by atoms with Crippen molar-refractivity contribution >= 4 is 17.5 Å². The number of para-hydroxylation sites is 1. The number of nitrogens with one attached hydrogen (secondary N) is 1. The Labute approximate surface area is 169 Å². The Kier molecular flexibility index (Phi) is 5.52. The van der Waals surface area contributed by atoms with Gasteiger partial charge in [0.25, 0.3) is 0 Å². The number of carbonyl (C=O) groups excluding carboxylic acids is 2. The molecule has 1 aliphatic heterocycles. The molecule has 0 aliphatic carbocycles. The van der Waals surface area contributed by atoms with Crippen LogP contribution in [0.5, 0.6) is 11.5 Å². The van der Waals surface area contributed by atoms with Crippen LogP contribution >= 0.6 is 0 Å². The zero-order chi connectivity index (χ0) is 20.1. The summed E-state index contributed by atoms with van der Waals surface area (Å²) in [6.07, 6.45) is 3.88. The fourth-order valence-corrected chi connectivity index (χ4v) is 3.31. The van der Waals surface area contributed by atoms with Crippen molar-refractivity contribution in [2.45, 2.75) is 13.0 Å². The first kappa shape index (κ1) is 18.7. The minimum atomic E-state index is -0.660. The van der Waals surface area contributed by atoms with Gasteiger partial charge in [-0.3, -0.25) is 14.6 Å². The number of nitrogens with zero attached hydrogens (tertiary/aromatic N) is 2. The molecule has 1 aromatic heterocycles. The van der Waals surface area contributed by atoms with Crippen LogP contribution in [-0.2, 0) is 16.1 Å². The lowest BCUT2D eigenvalue weighted by atomic mass is 10.1. The molecule has 4 rings (SSSR count). The highest BCUT2D eigenvalue weighted by atomic mass is 16.5. The number of benzene rings is 2. The van der Waals surface area contributed by atoms with Gasteiger partial charge in [0.1, 0.15) is 17.4 Å². The van der Waals surface area contributed by atoms with Crippen molar-refractivity contribution in [2.75, 3.05) is 11.4 Å². The largest absolute Gasteiger partial charge is 0.457 e. The second-order valence-electron chi connectivity index (χ2n) is 6.82. The lowest BCUT2D eigenvalue weighted by Gasteiger charge is -2.17. The molecule has 6 nitrogen and oxygen atoms in total.